The highest BCUT2D eigenvalue weighted by Crippen LogP contribution is 2.13. The van der Waals surface area contributed by atoms with Crippen molar-refractivity contribution in [2.24, 2.45) is 0 Å². The maximum atomic E-state index is 4.14. The Morgan fingerprint density at radius 1 is 1.27 bits per heavy atom. The van der Waals surface area contributed by atoms with E-state index in [9.17, 15) is 0 Å². The quantitative estimate of drug-likeness (QED) is 0.583. The molecule has 1 radical (unpaired) electrons. The smallest absolute Gasteiger partial charge is 0.104 e. The largest absolute Gasteiger partial charge is 0.245 e. The Labute approximate surface area is 70.5 Å². The van der Waals surface area contributed by atoms with Gasteiger partial charge >= 0.3 is 0 Å². The average Bonchev–Trinajstić information content (AvgIpc) is 2.04. The Morgan fingerprint density at radius 2 is 2.09 bits per heavy atom. The summed E-state index contributed by atoms with van der Waals surface area (Å²) in [5.41, 5.74) is 0.963. The lowest BCUT2D eigenvalue weighted by atomic mass is 10.2. The summed E-state index contributed by atoms with van der Waals surface area (Å²) in [6, 6.07) is 9.86. The minimum Gasteiger partial charge on any atom is -0.245 e. The molecular formula is C9H6NS. The molecule has 0 aliphatic rings. The standard InChI is InChI=1S/C9H6NS/c11-8-5-7-3-1-2-4-9(7)10-6-8/h1-5,11H. The summed E-state index contributed by atoms with van der Waals surface area (Å²) in [6.45, 7) is 0. The summed E-state index contributed by atoms with van der Waals surface area (Å²) in [7, 11) is 0. The second-order valence-electron chi connectivity index (χ2n) is 2.31. The van der Waals surface area contributed by atoms with Crippen molar-refractivity contribution >= 4 is 23.5 Å². The van der Waals surface area contributed by atoms with Crippen LogP contribution in [0, 0.1) is 6.20 Å². The number of pyridine rings is 1. The van der Waals surface area contributed by atoms with Gasteiger partial charge in [0, 0.05) is 10.3 Å². The van der Waals surface area contributed by atoms with Crippen LogP contribution in [0.5, 0.6) is 0 Å². The Kier molecular flexibility index (Phi) is 1.55. The zero-order valence-electron chi connectivity index (χ0n) is 5.78. The summed E-state index contributed by atoms with van der Waals surface area (Å²) >= 11 is 4.14. The molecular weight excluding hydrogens is 154 g/mol. The van der Waals surface area contributed by atoms with Gasteiger partial charge in [-0.1, -0.05) is 18.2 Å². The molecule has 2 rings (SSSR count). The van der Waals surface area contributed by atoms with E-state index in [1.165, 1.54) is 0 Å². The first-order valence-corrected chi connectivity index (χ1v) is 3.77. The average molecular weight is 160 g/mol. The first kappa shape index (κ1) is 6.68. The zero-order chi connectivity index (χ0) is 7.68. The molecule has 1 aromatic heterocycles. The lowest BCUT2D eigenvalue weighted by molar-refractivity contribution is 1.29. The zero-order valence-corrected chi connectivity index (χ0v) is 6.68. The first-order valence-electron chi connectivity index (χ1n) is 3.33. The molecule has 53 valence electrons. The molecule has 0 atom stereocenters. The summed E-state index contributed by atoms with van der Waals surface area (Å²) in [6.07, 6.45) is 2.79. The van der Waals surface area contributed by atoms with Crippen LogP contribution in [0.4, 0.5) is 0 Å². The molecule has 2 heteroatoms. The molecule has 0 N–H and O–H groups in total. The van der Waals surface area contributed by atoms with Crippen molar-refractivity contribution in [1.82, 2.24) is 4.98 Å². The topological polar surface area (TPSA) is 12.9 Å². The maximum Gasteiger partial charge on any atom is 0.104 e. The molecule has 0 saturated heterocycles. The second kappa shape index (κ2) is 2.55. The Bertz CT molecular complexity index is 384. The van der Waals surface area contributed by atoms with Crippen LogP contribution >= 0.6 is 12.6 Å². The van der Waals surface area contributed by atoms with Crippen LogP contribution in [-0.2, 0) is 0 Å². The van der Waals surface area contributed by atoms with Crippen LogP contribution in [0.3, 0.4) is 0 Å². The van der Waals surface area contributed by atoms with E-state index in [0.717, 1.165) is 15.8 Å². The fourth-order valence-corrected chi connectivity index (χ4v) is 1.20. The highest BCUT2D eigenvalue weighted by molar-refractivity contribution is 7.80. The number of hydrogen-bond acceptors (Lipinski definition) is 2. The van der Waals surface area contributed by atoms with Crippen molar-refractivity contribution in [3.05, 3.63) is 36.5 Å². The molecule has 0 aliphatic heterocycles. The summed E-state index contributed by atoms with van der Waals surface area (Å²) in [5.74, 6) is 0. The van der Waals surface area contributed by atoms with E-state index in [0.29, 0.717) is 0 Å². The number of benzene rings is 1. The van der Waals surface area contributed by atoms with Crippen molar-refractivity contribution in [1.29, 1.82) is 0 Å². The Balaban J connectivity index is 2.83. The molecule has 0 saturated carbocycles. The molecule has 0 spiro atoms. The summed E-state index contributed by atoms with van der Waals surface area (Å²) in [4.78, 5) is 4.86. The van der Waals surface area contributed by atoms with E-state index >= 15 is 0 Å². The van der Waals surface area contributed by atoms with Crippen molar-refractivity contribution in [3.8, 4) is 0 Å². The van der Waals surface area contributed by atoms with Crippen LogP contribution in [0.15, 0.2) is 35.2 Å². The van der Waals surface area contributed by atoms with Gasteiger partial charge in [-0.25, -0.2) is 4.98 Å². The SMILES string of the molecule is Sc1[c]nc2ccccc2c1. The van der Waals surface area contributed by atoms with Gasteiger partial charge in [-0.15, -0.1) is 12.6 Å². The van der Waals surface area contributed by atoms with Gasteiger partial charge in [0.05, 0.1) is 5.52 Å². The van der Waals surface area contributed by atoms with Crippen molar-refractivity contribution < 1.29 is 0 Å². The maximum absolute atomic E-state index is 4.14. The third-order valence-corrected chi connectivity index (χ3v) is 1.75. The van der Waals surface area contributed by atoms with Gasteiger partial charge in [0.15, 0.2) is 0 Å². The lowest BCUT2D eigenvalue weighted by Gasteiger charge is -1.94. The number of aromatic nitrogens is 1. The van der Waals surface area contributed by atoms with Crippen LogP contribution in [0.25, 0.3) is 10.9 Å². The molecule has 1 nitrogen and oxygen atoms in total. The normalized spacial score (nSPS) is 10.3. The van der Waals surface area contributed by atoms with E-state index < -0.39 is 0 Å². The van der Waals surface area contributed by atoms with Gasteiger partial charge in [0.25, 0.3) is 0 Å². The minimum absolute atomic E-state index is 0.781. The monoisotopic (exact) mass is 160 g/mol. The molecule has 0 bridgehead atoms. The van der Waals surface area contributed by atoms with Crippen molar-refractivity contribution in [2.45, 2.75) is 4.90 Å². The molecule has 2 aromatic rings. The van der Waals surface area contributed by atoms with Gasteiger partial charge in [-0.3, -0.25) is 0 Å². The number of rotatable bonds is 0. The molecule has 1 heterocycles. The first-order chi connectivity index (χ1) is 5.36. The fourth-order valence-electron chi connectivity index (χ4n) is 1.01. The molecule has 11 heavy (non-hydrogen) atoms. The molecule has 0 amide bonds. The van der Waals surface area contributed by atoms with E-state index in [1.807, 2.05) is 30.3 Å². The van der Waals surface area contributed by atoms with Crippen LogP contribution < -0.4 is 0 Å². The van der Waals surface area contributed by atoms with Crippen LogP contribution in [0.1, 0.15) is 0 Å². The van der Waals surface area contributed by atoms with E-state index in [-0.39, 0.29) is 0 Å². The molecule has 0 aliphatic carbocycles. The third kappa shape index (κ3) is 1.21. The predicted octanol–water partition coefficient (Wildman–Crippen LogP) is 2.32. The van der Waals surface area contributed by atoms with Gasteiger partial charge in [-0.05, 0) is 12.1 Å². The Morgan fingerprint density at radius 3 is 3.00 bits per heavy atom. The highest BCUT2D eigenvalue weighted by atomic mass is 32.1. The molecule has 0 fully saturated rings. The van der Waals surface area contributed by atoms with Gasteiger partial charge in [0.1, 0.15) is 6.20 Å². The number of nitrogens with zero attached hydrogens (tertiary/aromatic N) is 1. The fraction of sp³-hybridized carbons (Fsp3) is 0. The predicted molar refractivity (Wildman–Crippen MR) is 47.8 cm³/mol. The Hall–Kier alpha value is -1.02. The highest BCUT2D eigenvalue weighted by Gasteiger charge is 1.92. The second-order valence-corrected chi connectivity index (χ2v) is 2.79. The van der Waals surface area contributed by atoms with Gasteiger partial charge in [0.2, 0.25) is 0 Å². The summed E-state index contributed by atoms with van der Waals surface area (Å²) in [5, 5.41) is 1.11. The molecule has 1 aromatic carbocycles. The number of thiol groups is 1. The van der Waals surface area contributed by atoms with Crippen LogP contribution in [0.2, 0.25) is 0 Å². The number of para-hydroxylation sites is 1. The van der Waals surface area contributed by atoms with Crippen molar-refractivity contribution in [3.63, 3.8) is 0 Å². The van der Waals surface area contributed by atoms with E-state index in [2.05, 4.69) is 23.8 Å². The lowest BCUT2D eigenvalue weighted by Crippen LogP contribution is -1.77. The number of hydrogen-bond donors (Lipinski definition) is 1. The molecule has 0 unspecified atom stereocenters. The van der Waals surface area contributed by atoms with Crippen LogP contribution in [-0.4, -0.2) is 4.98 Å². The summed E-state index contributed by atoms with van der Waals surface area (Å²) < 4.78 is 0. The minimum atomic E-state index is 0.781. The van der Waals surface area contributed by atoms with Gasteiger partial charge < -0.3 is 0 Å². The van der Waals surface area contributed by atoms with Crippen molar-refractivity contribution in [2.75, 3.05) is 0 Å². The van der Waals surface area contributed by atoms with Gasteiger partial charge in [-0.2, -0.15) is 0 Å². The number of fused-ring (bicyclic) bond motifs is 1. The third-order valence-electron chi connectivity index (χ3n) is 1.52. The van der Waals surface area contributed by atoms with E-state index in [4.69, 9.17) is 0 Å². The van der Waals surface area contributed by atoms with E-state index in [1.54, 1.807) is 0 Å².